The van der Waals surface area contributed by atoms with Gasteiger partial charge in [0, 0.05) is 44.2 Å². The zero-order valence-corrected chi connectivity index (χ0v) is 17.3. The fourth-order valence-electron chi connectivity index (χ4n) is 3.85. The summed E-state index contributed by atoms with van der Waals surface area (Å²) in [7, 11) is 0. The summed E-state index contributed by atoms with van der Waals surface area (Å²) in [6.07, 6.45) is 2.21. The molecule has 1 aliphatic rings. The maximum Gasteiger partial charge on any atom is 0.407 e. The molecule has 0 aliphatic carbocycles. The number of carbonyl (C=O) groups excluding carboxylic acids is 2. The van der Waals surface area contributed by atoms with Gasteiger partial charge in [-0.15, -0.1) is 0 Å². The lowest BCUT2D eigenvalue weighted by atomic mass is 10.0. The molecule has 0 spiro atoms. The Bertz CT molecular complexity index is 911. The van der Waals surface area contributed by atoms with Gasteiger partial charge in [-0.05, 0) is 55.0 Å². The summed E-state index contributed by atoms with van der Waals surface area (Å²) >= 11 is 0. The van der Waals surface area contributed by atoms with Crippen LogP contribution in [-0.4, -0.2) is 47.4 Å². The number of Topliss-reactive ketones (excluding diaryl/α,β-unsaturated/α-hetero) is 1. The normalized spacial score (nSPS) is 12.5. The average molecular weight is 408 g/mol. The molecule has 158 valence electrons. The Morgan fingerprint density at radius 3 is 2.50 bits per heavy atom. The fraction of sp³-hybridized carbons (Fsp3) is 0.375. The minimum atomic E-state index is -0.925. The number of hydrogen-bond acceptors (Lipinski definition) is 3. The SMILES string of the molecule is CC(=O)N1CCc2cc(C(=O)CCCCN(CCc3ccccc3)C(=O)O)ccc21. The summed E-state index contributed by atoms with van der Waals surface area (Å²) in [6, 6.07) is 15.3. The zero-order valence-electron chi connectivity index (χ0n) is 17.3. The van der Waals surface area contributed by atoms with E-state index in [-0.39, 0.29) is 11.7 Å². The second kappa shape index (κ2) is 10.1. The van der Waals surface area contributed by atoms with Gasteiger partial charge in [-0.2, -0.15) is 0 Å². The van der Waals surface area contributed by atoms with Gasteiger partial charge in [0.1, 0.15) is 0 Å². The lowest BCUT2D eigenvalue weighted by Gasteiger charge is -2.19. The van der Waals surface area contributed by atoms with Gasteiger partial charge in [-0.1, -0.05) is 30.3 Å². The van der Waals surface area contributed by atoms with E-state index in [1.807, 2.05) is 42.5 Å². The highest BCUT2D eigenvalue weighted by molar-refractivity contribution is 5.98. The molecule has 2 aromatic rings. The molecule has 0 radical (unpaired) electrons. The standard InChI is InChI=1S/C24H28N2O4/c1-18(27)26-16-13-20-17-21(10-11-22(20)26)23(28)9-5-6-14-25(24(29)30)15-12-19-7-3-2-4-8-19/h2-4,7-8,10-11,17H,5-6,9,12-16H2,1H3,(H,29,30). The molecule has 0 unspecified atom stereocenters. The molecule has 3 rings (SSSR count). The van der Waals surface area contributed by atoms with Crippen molar-refractivity contribution >= 4 is 23.5 Å². The highest BCUT2D eigenvalue weighted by Gasteiger charge is 2.23. The Hall–Kier alpha value is -3.15. The number of carbonyl (C=O) groups is 3. The molecule has 1 N–H and O–H groups in total. The predicted molar refractivity (Wildman–Crippen MR) is 116 cm³/mol. The highest BCUT2D eigenvalue weighted by Crippen LogP contribution is 2.29. The van der Waals surface area contributed by atoms with Gasteiger partial charge in [0.2, 0.25) is 5.91 Å². The molecule has 0 bridgehead atoms. The topological polar surface area (TPSA) is 77.9 Å². The Labute approximate surface area is 177 Å². The Kier molecular flexibility index (Phi) is 7.22. The van der Waals surface area contributed by atoms with Crippen LogP contribution in [0.15, 0.2) is 48.5 Å². The molecule has 2 aromatic carbocycles. The van der Waals surface area contributed by atoms with Crippen molar-refractivity contribution in [1.29, 1.82) is 0 Å². The third-order valence-electron chi connectivity index (χ3n) is 5.54. The first-order valence-corrected chi connectivity index (χ1v) is 10.4. The lowest BCUT2D eigenvalue weighted by molar-refractivity contribution is -0.116. The summed E-state index contributed by atoms with van der Waals surface area (Å²) in [5.41, 5.74) is 3.71. The molecule has 1 heterocycles. The van der Waals surface area contributed by atoms with Crippen LogP contribution < -0.4 is 4.90 Å². The molecule has 0 saturated carbocycles. The molecule has 0 fully saturated rings. The molecule has 2 amide bonds. The summed E-state index contributed by atoms with van der Waals surface area (Å²) < 4.78 is 0. The van der Waals surface area contributed by atoms with Crippen molar-refractivity contribution in [3.05, 3.63) is 65.2 Å². The smallest absolute Gasteiger partial charge is 0.407 e. The fourth-order valence-corrected chi connectivity index (χ4v) is 3.85. The lowest BCUT2D eigenvalue weighted by Crippen LogP contribution is -2.32. The average Bonchev–Trinajstić information content (AvgIpc) is 3.17. The van der Waals surface area contributed by atoms with Gasteiger partial charge in [0.15, 0.2) is 5.78 Å². The Morgan fingerprint density at radius 1 is 1.03 bits per heavy atom. The van der Waals surface area contributed by atoms with Crippen molar-refractivity contribution in [2.45, 2.75) is 39.0 Å². The number of rotatable bonds is 9. The van der Waals surface area contributed by atoms with E-state index in [1.54, 1.807) is 17.9 Å². The van der Waals surface area contributed by atoms with E-state index in [9.17, 15) is 19.5 Å². The van der Waals surface area contributed by atoms with Crippen molar-refractivity contribution in [1.82, 2.24) is 4.90 Å². The highest BCUT2D eigenvalue weighted by atomic mass is 16.4. The van der Waals surface area contributed by atoms with Crippen molar-refractivity contribution in [3.8, 4) is 0 Å². The number of carboxylic acid groups (broad SMARTS) is 1. The van der Waals surface area contributed by atoms with Gasteiger partial charge in [0.25, 0.3) is 0 Å². The molecular weight excluding hydrogens is 380 g/mol. The minimum Gasteiger partial charge on any atom is -0.465 e. The summed E-state index contributed by atoms with van der Waals surface area (Å²) in [5, 5.41) is 9.42. The number of fused-ring (bicyclic) bond motifs is 1. The summed E-state index contributed by atoms with van der Waals surface area (Å²) in [4.78, 5) is 38.8. The third kappa shape index (κ3) is 5.47. The van der Waals surface area contributed by atoms with Gasteiger partial charge < -0.3 is 14.9 Å². The van der Waals surface area contributed by atoms with Crippen LogP contribution in [0.4, 0.5) is 10.5 Å². The number of unbranched alkanes of at least 4 members (excludes halogenated alkanes) is 1. The van der Waals surface area contributed by atoms with Crippen molar-refractivity contribution in [2.24, 2.45) is 0 Å². The first kappa shape index (κ1) is 21.6. The third-order valence-corrected chi connectivity index (χ3v) is 5.54. The minimum absolute atomic E-state index is 0.0167. The van der Waals surface area contributed by atoms with Gasteiger partial charge in [-0.3, -0.25) is 9.59 Å². The van der Waals surface area contributed by atoms with E-state index in [4.69, 9.17) is 0 Å². The monoisotopic (exact) mass is 408 g/mol. The van der Waals surface area contributed by atoms with Gasteiger partial charge >= 0.3 is 6.09 Å². The first-order chi connectivity index (χ1) is 14.5. The largest absolute Gasteiger partial charge is 0.465 e. The summed E-state index contributed by atoms with van der Waals surface area (Å²) in [5.74, 6) is 0.0771. The van der Waals surface area contributed by atoms with Gasteiger partial charge in [-0.25, -0.2) is 4.79 Å². The molecule has 1 aliphatic heterocycles. The number of hydrogen-bond donors (Lipinski definition) is 1. The molecule has 0 saturated heterocycles. The van der Waals surface area contributed by atoms with Crippen molar-refractivity contribution < 1.29 is 19.5 Å². The van der Waals surface area contributed by atoms with Crippen LogP contribution in [0, 0.1) is 0 Å². The van der Waals surface area contributed by atoms with Crippen LogP contribution in [0.5, 0.6) is 0 Å². The number of nitrogens with zero attached hydrogens (tertiary/aromatic N) is 2. The van der Waals surface area contributed by atoms with E-state index < -0.39 is 6.09 Å². The molecular formula is C24H28N2O4. The van der Waals surface area contributed by atoms with Crippen LogP contribution in [0.2, 0.25) is 0 Å². The molecule has 0 aromatic heterocycles. The van der Waals surface area contributed by atoms with Crippen molar-refractivity contribution in [3.63, 3.8) is 0 Å². The number of ketones is 1. The van der Waals surface area contributed by atoms with Crippen LogP contribution in [0.1, 0.15) is 47.7 Å². The van der Waals surface area contributed by atoms with E-state index in [1.165, 1.54) is 4.90 Å². The van der Waals surface area contributed by atoms with E-state index in [0.29, 0.717) is 50.9 Å². The van der Waals surface area contributed by atoms with E-state index in [2.05, 4.69) is 0 Å². The van der Waals surface area contributed by atoms with Crippen LogP contribution in [0.25, 0.3) is 0 Å². The molecule has 0 atom stereocenters. The number of anilines is 1. The number of amides is 2. The Morgan fingerprint density at radius 2 is 1.80 bits per heavy atom. The van der Waals surface area contributed by atoms with Crippen LogP contribution >= 0.6 is 0 Å². The van der Waals surface area contributed by atoms with E-state index in [0.717, 1.165) is 23.2 Å². The maximum absolute atomic E-state index is 12.5. The van der Waals surface area contributed by atoms with Crippen LogP contribution in [-0.2, 0) is 17.6 Å². The summed E-state index contributed by atoms with van der Waals surface area (Å²) in [6.45, 7) is 3.09. The molecule has 6 nitrogen and oxygen atoms in total. The zero-order chi connectivity index (χ0) is 21.5. The second-order valence-corrected chi connectivity index (χ2v) is 7.65. The predicted octanol–water partition coefficient (Wildman–Crippen LogP) is 4.17. The molecule has 30 heavy (non-hydrogen) atoms. The van der Waals surface area contributed by atoms with Crippen molar-refractivity contribution in [2.75, 3.05) is 24.5 Å². The Balaban J connectivity index is 1.45. The maximum atomic E-state index is 12.5. The van der Waals surface area contributed by atoms with E-state index >= 15 is 0 Å². The first-order valence-electron chi connectivity index (χ1n) is 10.4. The number of benzene rings is 2. The quantitative estimate of drug-likeness (QED) is 0.499. The molecule has 6 heteroatoms. The van der Waals surface area contributed by atoms with Gasteiger partial charge in [0.05, 0.1) is 0 Å². The second-order valence-electron chi connectivity index (χ2n) is 7.65. The van der Waals surface area contributed by atoms with Crippen LogP contribution in [0.3, 0.4) is 0 Å².